The van der Waals surface area contributed by atoms with Gasteiger partial charge < -0.3 is 19.7 Å². The molecule has 0 aromatic heterocycles. The van der Waals surface area contributed by atoms with Crippen LogP contribution in [0.25, 0.3) is 0 Å². The number of benzene rings is 2. The van der Waals surface area contributed by atoms with Gasteiger partial charge in [-0.05, 0) is 38.1 Å². The summed E-state index contributed by atoms with van der Waals surface area (Å²) in [6.45, 7) is 3.59. The molecular weight excluding hydrogens is 368 g/mol. The monoisotopic (exact) mass is 386 g/mol. The van der Waals surface area contributed by atoms with Gasteiger partial charge >= 0.3 is 23.9 Å². The Bertz CT molecular complexity index is 808. The number of hydrogen-bond donors (Lipinski definition) is 2. The highest BCUT2D eigenvalue weighted by Crippen LogP contribution is 2.09. The van der Waals surface area contributed by atoms with E-state index in [1.54, 1.807) is 38.1 Å². The van der Waals surface area contributed by atoms with Crippen molar-refractivity contribution in [3.05, 3.63) is 70.8 Å². The van der Waals surface area contributed by atoms with E-state index in [0.717, 1.165) is 11.1 Å². The number of hydrogen-bond acceptors (Lipinski definition) is 8. The summed E-state index contributed by atoms with van der Waals surface area (Å²) in [7, 11) is 0. The predicted molar refractivity (Wildman–Crippen MR) is 95.2 cm³/mol. The molecule has 8 heteroatoms. The number of aryl methyl sites for hydroxylation is 2. The SMILES string of the molecule is Cc1ccc(C(=O)OC(=O)C(O)C(O)C(=O)OC(=O)c2ccc(C)cc2)cc1. The van der Waals surface area contributed by atoms with Gasteiger partial charge in [0.05, 0.1) is 11.1 Å². The van der Waals surface area contributed by atoms with Crippen LogP contribution in [-0.4, -0.2) is 46.3 Å². The molecule has 0 aliphatic heterocycles. The summed E-state index contributed by atoms with van der Waals surface area (Å²) in [5, 5.41) is 19.5. The van der Waals surface area contributed by atoms with E-state index >= 15 is 0 Å². The quantitative estimate of drug-likeness (QED) is 0.577. The highest BCUT2D eigenvalue weighted by molar-refractivity contribution is 6.01. The molecule has 0 heterocycles. The van der Waals surface area contributed by atoms with Crippen LogP contribution in [0.2, 0.25) is 0 Å². The van der Waals surface area contributed by atoms with Gasteiger partial charge in [-0.15, -0.1) is 0 Å². The Morgan fingerprint density at radius 2 is 0.929 bits per heavy atom. The number of carbonyl (C=O) groups excluding carboxylic acids is 4. The van der Waals surface area contributed by atoms with Crippen molar-refractivity contribution in [2.75, 3.05) is 0 Å². The lowest BCUT2D eigenvalue weighted by Gasteiger charge is -2.14. The van der Waals surface area contributed by atoms with Crippen molar-refractivity contribution in [1.82, 2.24) is 0 Å². The summed E-state index contributed by atoms with van der Waals surface area (Å²) in [6.07, 6.45) is -4.82. The zero-order valence-electron chi connectivity index (χ0n) is 15.1. The number of aliphatic hydroxyl groups excluding tert-OH is 2. The third-order valence-corrected chi connectivity index (χ3v) is 3.74. The van der Waals surface area contributed by atoms with Crippen LogP contribution < -0.4 is 0 Å². The van der Waals surface area contributed by atoms with Crippen molar-refractivity contribution < 1.29 is 38.9 Å². The van der Waals surface area contributed by atoms with E-state index in [1.165, 1.54) is 24.3 Å². The summed E-state index contributed by atoms with van der Waals surface area (Å²) >= 11 is 0. The Morgan fingerprint density at radius 3 is 1.21 bits per heavy atom. The fourth-order valence-corrected chi connectivity index (χ4v) is 2.06. The molecule has 0 saturated heterocycles. The summed E-state index contributed by atoms with van der Waals surface area (Å²) in [4.78, 5) is 47.3. The fourth-order valence-electron chi connectivity index (χ4n) is 2.06. The topological polar surface area (TPSA) is 127 Å². The highest BCUT2D eigenvalue weighted by Gasteiger charge is 2.35. The second-order valence-corrected chi connectivity index (χ2v) is 6.04. The van der Waals surface area contributed by atoms with Gasteiger partial charge in [-0.3, -0.25) is 0 Å². The van der Waals surface area contributed by atoms with E-state index in [1.807, 2.05) is 0 Å². The number of esters is 4. The van der Waals surface area contributed by atoms with Crippen molar-refractivity contribution in [3.8, 4) is 0 Å². The normalized spacial score (nSPS) is 12.6. The maximum absolute atomic E-state index is 11.8. The van der Waals surface area contributed by atoms with Crippen LogP contribution in [0, 0.1) is 13.8 Å². The molecule has 28 heavy (non-hydrogen) atoms. The summed E-state index contributed by atoms with van der Waals surface area (Å²) in [5.41, 5.74) is 1.83. The standard InChI is InChI=1S/C20H18O8/c1-11-3-7-13(8-4-11)17(23)27-19(25)15(21)16(22)20(26)28-18(24)14-9-5-12(2)6-10-14/h3-10,15-16,21-22H,1-2H3. The second-order valence-electron chi connectivity index (χ2n) is 6.04. The maximum atomic E-state index is 11.8. The molecule has 2 atom stereocenters. The van der Waals surface area contributed by atoms with Crippen molar-refractivity contribution in [2.45, 2.75) is 26.1 Å². The molecule has 8 nitrogen and oxygen atoms in total. The van der Waals surface area contributed by atoms with Crippen molar-refractivity contribution in [1.29, 1.82) is 0 Å². The van der Waals surface area contributed by atoms with E-state index in [9.17, 15) is 29.4 Å². The molecule has 0 radical (unpaired) electrons. The first kappa shape index (κ1) is 20.9. The molecule has 0 bridgehead atoms. The molecule has 0 saturated carbocycles. The lowest BCUT2D eigenvalue weighted by atomic mass is 10.1. The Kier molecular flexibility index (Phi) is 6.75. The number of ether oxygens (including phenoxy) is 2. The molecule has 2 rings (SSSR count). The van der Waals surface area contributed by atoms with Crippen LogP contribution in [0.15, 0.2) is 48.5 Å². The zero-order valence-corrected chi connectivity index (χ0v) is 15.1. The van der Waals surface area contributed by atoms with E-state index in [0.29, 0.717) is 0 Å². The zero-order chi connectivity index (χ0) is 20.8. The molecule has 0 fully saturated rings. The highest BCUT2D eigenvalue weighted by atomic mass is 16.6. The van der Waals surface area contributed by atoms with Crippen LogP contribution in [0.4, 0.5) is 0 Å². The maximum Gasteiger partial charge on any atom is 0.346 e. The molecule has 0 aliphatic rings. The van der Waals surface area contributed by atoms with Crippen molar-refractivity contribution in [3.63, 3.8) is 0 Å². The minimum absolute atomic E-state index is 0.0396. The summed E-state index contributed by atoms with van der Waals surface area (Å²) in [6, 6.07) is 12.1. The summed E-state index contributed by atoms with van der Waals surface area (Å²) in [5.74, 6) is -5.25. The van der Waals surface area contributed by atoms with Crippen LogP contribution >= 0.6 is 0 Å². The van der Waals surface area contributed by atoms with E-state index in [-0.39, 0.29) is 11.1 Å². The number of aliphatic hydroxyl groups is 2. The van der Waals surface area contributed by atoms with Gasteiger partial charge in [0.25, 0.3) is 0 Å². The van der Waals surface area contributed by atoms with E-state index < -0.39 is 36.1 Å². The minimum atomic E-state index is -2.41. The average Bonchev–Trinajstić information content (AvgIpc) is 2.67. The van der Waals surface area contributed by atoms with Gasteiger partial charge in [0.15, 0.2) is 12.2 Å². The molecule has 0 aliphatic carbocycles. The summed E-state index contributed by atoms with van der Waals surface area (Å²) < 4.78 is 8.86. The molecule has 0 amide bonds. The van der Waals surface area contributed by atoms with Gasteiger partial charge in [-0.1, -0.05) is 35.4 Å². The lowest BCUT2D eigenvalue weighted by Crippen LogP contribution is -2.43. The van der Waals surface area contributed by atoms with Crippen molar-refractivity contribution in [2.24, 2.45) is 0 Å². The fraction of sp³-hybridized carbons (Fsp3) is 0.200. The van der Waals surface area contributed by atoms with Crippen LogP contribution in [0.1, 0.15) is 31.8 Å². The molecule has 2 aromatic carbocycles. The van der Waals surface area contributed by atoms with E-state index in [4.69, 9.17) is 0 Å². The average molecular weight is 386 g/mol. The molecular formula is C20H18O8. The first-order chi connectivity index (χ1) is 13.2. The largest absolute Gasteiger partial charge is 0.387 e. The van der Waals surface area contributed by atoms with Crippen molar-refractivity contribution >= 4 is 23.9 Å². The van der Waals surface area contributed by atoms with Gasteiger partial charge in [0.1, 0.15) is 0 Å². The molecule has 2 aromatic rings. The first-order valence-corrected chi connectivity index (χ1v) is 8.20. The number of rotatable bonds is 5. The molecule has 2 unspecified atom stereocenters. The predicted octanol–water partition coefficient (Wildman–Crippen LogP) is 1.09. The second kappa shape index (κ2) is 9.03. The first-order valence-electron chi connectivity index (χ1n) is 8.20. The van der Waals surface area contributed by atoms with Crippen LogP contribution in [0.3, 0.4) is 0 Å². The number of carbonyl (C=O) groups is 4. The molecule has 146 valence electrons. The molecule has 2 N–H and O–H groups in total. The van der Waals surface area contributed by atoms with E-state index in [2.05, 4.69) is 9.47 Å². The Labute approximate surface area is 160 Å². The van der Waals surface area contributed by atoms with Gasteiger partial charge in [-0.2, -0.15) is 0 Å². The van der Waals surface area contributed by atoms with Gasteiger partial charge in [0.2, 0.25) is 0 Å². The lowest BCUT2D eigenvalue weighted by molar-refractivity contribution is -0.166. The Morgan fingerprint density at radius 1 is 0.643 bits per heavy atom. The van der Waals surface area contributed by atoms with Gasteiger partial charge in [-0.25, -0.2) is 19.2 Å². The minimum Gasteiger partial charge on any atom is -0.387 e. The van der Waals surface area contributed by atoms with Gasteiger partial charge in [0, 0.05) is 0 Å². The third-order valence-electron chi connectivity index (χ3n) is 3.74. The Hall–Kier alpha value is -3.36. The smallest absolute Gasteiger partial charge is 0.346 e. The molecule has 0 spiro atoms. The van der Waals surface area contributed by atoms with Crippen LogP contribution in [-0.2, 0) is 19.1 Å². The van der Waals surface area contributed by atoms with Crippen LogP contribution in [0.5, 0.6) is 0 Å². The third kappa shape index (κ3) is 5.32. The Balaban J connectivity index is 1.95.